The fraction of sp³-hybridized carbons (Fsp3) is 0.381. The minimum Gasteiger partial charge on any atom is -0.364 e. The predicted molar refractivity (Wildman–Crippen MR) is 108 cm³/mol. The first-order valence-corrected chi connectivity index (χ1v) is 9.85. The van der Waals surface area contributed by atoms with Crippen molar-refractivity contribution in [2.45, 2.75) is 25.4 Å². The lowest BCUT2D eigenvalue weighted by atomic mass is 10.2. The van der Waals surface area contributed by atoms with E-state index in [1.807, 2.05) is 18.2 Å². The Balaban J connectivity index is 1.32. The van der Waals surface area contributed by atoms with Gasteiger partial charge in [-0.15, -0.1) is 0 Å². The highest BCUT2D eigenvalue weighted by molar-refractivity contribution is 5.80. The van der Waals surface area contributed by atoms with E-state index in [4.69, 9.17) is 9.97 Å². The second-order valence-electron chi connectivity index (χ2n) is 7.57. The van der Waals surface area contributed by atoms with Gasteiger partial charge in [0, 0.05) is 45.0 Å². The number of hydrogen-bond acceptors (Lipinski definition) is 6. The first-order valence-electron chi connectivity index (χ1n) is 9.85. The van der Waals surface area contributed by atoms with Gasteiger partial charge in [-0.1, -0.05) is 12.1 Å². The number of hydrogen-bond donors (Lipinski definition) is 1. The van der Waals surface area contributed by atoms with Crippen molar-refractivity contribution in [1.29, 1.82) is 0 Å². The zero-order valence-corrected chi connectivity index (χ0v) is 15.7. The average molecular weight is 378 g/mol. The topological polar surface area (TPSA) is 57.2 Å². The third-order valence-corrected chi connectivity index (χ3v) is 5.36. The van der Waals surface area contributed by atoms with Gasteiger partial charge in [0.1, 0.15) is 11.3 Å². The van der Waals surface area contributed by atoms with Crippen LogP contribution in [0.2, 0.25) is 0 Å². The van der Waals surface area contributed by atoms with E-state index in [2.05, 4.69) is 20.1 Å². The molecule has 2 aliphatic rings. The molecule has 3 aromatic rings. The molecule has 7 heteroatoms. The summed E-state index contributed by atoms with van der Waals surface area (Å²) in [5.41, 5.74) is 2.84. The number of aromatic nitrogens is 3. The van der Waals surface area contributed by atoms with E-state index >= 15 is 0 Å². The van der Waals surface area contributed by atoms with Gasteiger partial charge in [-0.3, -0.25) is 9.88 Å². The molecule has 1 N–H and O–H groups in total. The molecule has 3 heterocycles. The maximum Gasteiger partial charge on any atom is 0.172 e. The minimum atomic E-state index is -0.186. The molecule has 6 nitrogen and oxygen atoms in total. The van der Waals surface area contributed by atoms with E-state index in [0.29, 0.717) is 6.04 Å². The standard InChI is InChI=1S/C21H23FN6/c22-16-3-1-15(2-4-16)14-27-9-11-28(12-10-27)21-20(24-17-5-6-17)25-18-7-8-23-13-19(18)26-21/h1-4,7-8,13,17H,5-6,9-12,14H2,(H,24,25). The number of rotatable bonds is 5. The van der Waals surface area contributed by atoms with Gasteiger partial charge >= 0.3 is 0 Å². The van der Waals surface area contributed by atoms with Crippen LogP contribution in [0.1, 0.15) is 18.4 Å². The third-order valence-electron chi connectivity index (χ3n) is 5.36. The molecule has 1 aliphatic heterocycles. The fourth-order valence-corrected chi connectivity index (χ4v) is 3.60. The molecule has 144 valence electrons. The Morgan fingerprint density at radius 2 is 1.75 bits per heavy atom. The molecule has 1 aromatic carbocycles. The SMILES string of the molecule is Fc1ccc(CN2CCN(c3nc4cnccc4nc3NC3CC3)CC2)cc1. The van der Waals surface area contributed by atoms with Gasteiger partial charge in [-0.2, -0.15) is 0 Å². The van der Waals surface area contributed by atoms with Crippen LogP contribution in [0, 0.1) is 5.82 Å². The van der Waals surface area contributed by atoms with E-state index in [1.54, 1.807) is 12.4 Å². The van der Waals surface area contributed by atoms with Crippen molar-refractivity contribution in [1.82, 2.24) is 19.9 Å². The van der Waals surface area contributed by atoms with Crippen molar-refractivity contribution in [3.63, 3.8) is 0 Å². The lowest BCUT2D eigenvalue weighted by molar-refractivity contribution is 0.249. The van der Waals surface area contributed by atoms with Crippen molar-refractivity contribution in [3.05, 3.63) is 54.1 Å². The molecule has 0 radical (unpaired) electrons. The van der Waals surface area contributed by atoms with Crippen molar-refractivity contribution >= 4 is 22.7 Å². The maximum atomic E-state index is 13.1. The Bertz CT molecular complexity index is 964. The van der Waals surface area contributed by atoms with Crippen molar-refractivity contribution in [2.75, 3.05) is 36.4 Å². The van der Waals surface area contributed by atoms with Crippen LogP contribution < -0.4 is 10.2 Å². The number of pyridine rings is 1. The number of halogens is 1. The Kier molecular flexibility index (Phi) is 4.52. The summed E-state index contributed by atoms with van der Waals surface area (Å²) in [4.78, 5) is 18.6. The second-order valence-corrected chi connectivity index (χ2v) is 7.57. The number of nitrogens with zero attached hydrogens (tertiary/aromatic N) is 5. The molecule has 0 bridgehead atoms. The van der Waals surface area contributed by atoms with Crippen LogP contribution in [0.15, 0.2) is 42.7 Å². The van der Waals surface area contributed by atoms with E-state index in [1.165, 1.54) is 25.0 Å². The minimum absolute atomic E-state index is 0.186. The highest BCUT2D eigenvalue weighted by atomic mass is 19.1. The molecule has 0 unspecified atom stereocenters. The number of piperazine rings is 1. The molecular weight excluding hydrogens is 355 g/mol. The molecule has 0 amide bonds. The summed E-state index contributed by atoms with van der Waals surface area (Å²) in [7, 11) is 0. The molecule has 2 aromatic heterocycles. The Morgan fingerprint density at radius 3 is 2.50 bits per heavy atom. The van der Waals surface area contributed by atoms with Gasteiger partial charge in [0.25, 0.3) is 0 Å². The van der Waals surface area contributed by atoms with Crippen LogP contribution in [0.3, 0.4) is 0 Å². The lowest BCUT2D eigenvalue weighted by Gasteiger charge is -2.36. The zero-order chi connectivity index (χ0) is 18.9. The first kappa shape index (κ1) is 17.3. The van der Waals surface area contributed by atoms with Gasteiger partial charge in [-0.25, -0.2) is 14.4 Å². The van der Waals surface area contributed by atoms with E-state index < -0.39 is 0 Å². The predicted octanol–water partition coefficient (Wildman–Crippen LogP) is 3.06. The van der Waals surface area contributed by atoms with Crippen LogP contribution >= 0.6 is 0 Å². The van der Waals surface area contributed by atoms with E-state index in [0.717, 1.165) is 61.0 Å². The molecule has 28 heavy (non-hydrogen) atoms. The highest BCUT2D eigenvalue weighted by Gasteiger charge is 2.26. The smallest absolute Gasteiger partial charge is 0.172 e. The molecule has 1 aliphatic carbocycles. The number of benzene rings is 1. The van der Waals surface area contributed by atoms with Crippen LogP contribution in [0.4, 0.5) is 16.0 Å². The number of fused-ring (bicyclic) bond motifs is 1. The van der Waals surface area contributed by atoms with E-state index in [-0.39, 0.29) is 5.82 Å². The maximum absolute atomic E-state index is 13.1. The lowest BCUT2D eigenvalue weighted by Crippen LogP contribution is -2.46. The van der Waals surface area contributed by atoms with Crippen molar-refractivity contribution in [3.8, 4) is 0 Å². The summed E-state index contributed by atoms with van der Waals surface area (Å²) in [5.74, 6) is 1.62. The van der Waals surface area contributed by atoms with Gasteiger partial charge in [0.2, 0.25) is 0 Å². The summed E-state index contributed by atoms with van der Waals surface area (Å²) >= 11 is 0. The largest absolute Gasteiger partial charge is 0.364 e. The number of anilines is 2. The molecule has 1 saturated carbocycles. The van der Waals surface area contributed by atoms with Crippen LogP contribution in [0.5, 0.6) is 0 Å². The van der Waals surface area contributed by atoms with Gasteiger partial charge < -0.3 is 10.2 Å². The molecule has 5 rings (SSSR count). The highest BCUT2D eigenvalue weighted by Crippen LogP contribution is 2.31. The Labute approximate surface area is 163 Å². The summed E-state index contributed by atoms with van der Waals surface area (Å²) in [6.07, 6.45) is 5.92. The van der Waals surface area contributed by atoms with Crippen molar-refractivity contribution in [2.24, 2.45) is 0 Å². The zero-order valence-electron chi connectivity index (χ0n) is 15.7. The molecular formula is C21H23FN6. The first-order chi connectivity index (χ1) is 13.7. The van der Waals surface area contributed by atoms with E-state index in [9.17, 15) is 4.39 Å². The average Bonchev–Trinajstić information content (AvgIpc) is 3.54. The van der Waals surface area contributed by atoms with Crippen molar-refractivity contribution < 1.29 is 4.39 Å². The quantitative estimate of drug-likeness (QED) is 0.736. The molecule has 2 fully saturated rings. The fourth-order valence-electron chi connectivity index (χ4n) is 3.60. The summed E-state index contributed by atoms with van der Waals surface area (Å²) in [6.45, 7) is 4.50. The number of nitrogens with one attached hydrogen (secondary N) is 1. The van der Waals surface area contributed by atoms with Gasteiger partial charge in [0.15, 0.2) is 11.6 Å². The van der Waals surface area contributed by atoms with Crippen LogP contribution in [-0.2, 0) is 6.54 Å². The summed E-state index contributed by atoms with van der Waals surface area (Å²) in [6, 6.07) is 9.21. The monoisotopic (exact) mass is 378 g/mol. The second kappa shape index (κ2) is 7.31. The van der Waals surface area contributed by atoms with Crippen LogP contribution in [0.25, 0.3) is 11.0 Å². The van der Waals surface area contributed by atoms with Gasteiger partial charge in [0.05, 0.1) is 11.7 Å². The summed E-state index contributed by atoms with van der Waals surface area (Å²) in [5, 5.41) is 3.55. The normalized spacial score (nSPS) is 17.8. The third kappa shape index (κ3) is 3.75. The molecule has 1 saturated heterocycles. The molecule has 0 atom stereocenters. The van der Waals surface area contributed by atoms with Crippen LogP contribution in [-0.4, -0.2) is 52.1 Å². The summed E-state index contributed by atoms with van der Waals surface area (Å²) < 4.78 is 13.1. The molecule has 0 spiro atoms. The Morgan fingerprint density at radius 1 is 0.964 bits per heavy atom. The Hall–Kier alpha value is -2.80. The van der Waals surface area contributed by atoms with Gasteiger partial charge in [-0.05, 0) is 36.6 Å².